The number of hydrogen-bond donors (Lipinski definition) is 0. The number of carbonyl (C=O) groups is 2. The number of anilines is 1. The number of rotatable bonds is 5. The SMILES string of the molecule is COc1cc(OC2CCCc3ncccc32)ccc1C(=O)N1CCC(N2C(=O)OCc3ccccc32)CC1. The molecule has 0 spiro atoms. The number of carbonyl (C=O) groups excluding carboxylic acids is 2. The normalized spacial score (nSPS) is 19.3. The van der Waals surface area contributed by atoms with Gasteiger partial charge < -0.3 is 19.1 Å². The van der Waals surface area contributed by atoms with Gasteiger partial charge in [-0.2, -0.15) is 0 Å². The van der Waals surface area contributed by atoms with E-state index in [9.17, 15) is 9.59 Å². The van der Waals surface area contributed by atoms with Gasteiger partial charge in [-0.25, -0.2) is 4.79 Å². The van der Waals surface area contributed by atoms with Gasteiger partial charge in [0.1, 0.15) is 24.2 Å². The van der Waals surface area contributed by atoms with Crippen LogP contribution >= 0.6 is 0 Å². The first-order valence-corrected chi connectivity index (χ1v) is 13.2. The van der Waals surface area contributed by atoms with Crippen LogP contribution in [-0.2, 0) is 17.8 Å². The van der Waals surface area contributed by atoms with Crippen LogP contribution in [0.15, 0.2) is 60.8 Å². The monoisotopic (exact) mass is 513 g/mol. The summed E-state index contributed by atoms with van der Waals surface area (Å²) in [6.07, 6.45) is 5.71. The molecule has 1 unspecified atom stereocenters. The number of pyridine rings is 1. The van der Waals surface area contributed by atoms with Crippen molar-refractivity contribution < 1.29 is 23.8 Å². The molecule has 1 aromatic heterocycles. The molecule has 6 rings (SSSR count). The number of piperidine rings is 1. The Hall–Kier alpha value is -4.07. The van der Waals surface area contributed by atoms with Crippen LogP contribution < -0.4 is 14.4 Å². The minimum Gasteiger partial charge on any atom is -0.496 e. The summed E-state index contributed by atoms with van der Waals surface area (Å²) in [4.78, 5) is 34.2. The van der Waals surface area contributed by atoms with Gasteiger partial charge in [-0.1, -0.05) is 24.3 Å². The van der Waals surface area contributed by atoms with Gasteiger partial charge in [-0.3, -0.25) is 14.7 Å². The maximum absolute atomic E-state index is 13.5. The zero-order valence-corrected chi connectivity index (χ0v) is 21.5. The average molecular weight is 514 g/mol. The van der Waals surface area contributed by atoms with Gasteiger partial charge in [0, 0.05) is 48.2 Å². The minimum absolute atomic E-state index is 0.0152. The lowest BCUT2D eigenvalue weighted by atomic mass is 9.93. The molecule has 2 aliphatic heterocycles. The number of hydrogen-bond acceptors (Lipinski definition) is 6. The quantitative estimate of drug-likeness (QED) is 0.460. The van der Waals surface area contributed by atoms with E-state index in [0.29, 0.717) is 49.6 Å². The van der Waals surface area contributed by atoms with E-state index in [1.165, 1.54) is 0 Å². The Bertz CT molecular complexity index is 1350. The molecule has 2 amide bonds. The summed E-state index contributed by atoms with van der Waals surface area (Å²) in [7, 11) is 1.57. The first-order chi connectivity index (χ1) is 18.6. The van der Waals surface area contributed by atoms with E-state index in [4.69, 9.17) is 14.2 Å². The third-order valence-corrected chi connectivity index (χ3v) is 7.75. The van der Waals surface area contributed by atoms with Crippen molar-refractivity contribution >= 4 is 17.7 Å². The number of aromatic nitrogens is 1. The Labute approximate surface area is 222 Å². The van der Waals surface area contributed by atoms with Crippen LogP contribution in [0.4, 0.5) is 10.5 Å². The molecule has 3 aromatic rings. The molecule has 8 heteroatoms. The van der Waals surface area contributed by atoms with Crippen LogP contribution in [-0.4, -0.2) is 48.1 Å². The van der Waals surface area contributed by atoms with Crippen LogP contribution in [0, 0.1) is 0 Å². The number of methoxy groups -OCH3 is 1. The van der Waals surface area contributed by atoms with Gasteiger partial charge >= 0.3 is 6.09 Å². The topological polar surface area (TPSA) is 81.2 Å². The number of likely N-dealkylation sites (tertiary alicyclic amines) is 1. The van der Waals surface area contributed by atoms with Crippen molar-refractivity contribution in [1.29, 1.82) is 0 Å². The molecule has 1 aliphatic carbocycles. The zero-order chi connectivity index (χ0) is 26.1. The Morgan fingerprint density at radius 1 is 1.05 bits per heavy atom. The second kappa shape index (κ2) is 10.4. The molecule has 1 atom stereocenters. The lowest BCUT2D eigenvalue weighted by molar-refractivity contribution is 0.0705. The van der Waals surface area contributed by atoms with E-state index >= 15 is 0 Å². The molecular formula is C30H31N3O5. The summed E-state index contributed by atoms with van der Waals surface area (Å²) in [5, 5.41) is 0. The molecule has 3 heterocycles. The number of cyclic esters (lactones) is 1. The molecule has 0 saturated carbocycles. The highest BCUT2D eigenvalue weighted by Gasteiger charge is 2.35. The molecule has 3 aliphatic rings. The van der Waals surface area contributed by atoms with Crippen molar-refractivity contribution in [3.63, 3.8) is 0 Å². The molecule has 1 saturated heterocycles. The van der Waals surface area contributed by atoms with Crippen LogP contribution in [0.2, 0.25) is 0 Å². The van der Waals surface area contributed by atoms with Crippen molar-refractivity contribution in [3.8, 4) is 11.5 Å². The van der Waals surface area contributed by atoms with Gasteiger partial charge in [0.05, 0.1) is 18.4 Å². The van der Waals surface area contributed by atoms with Gasteiger partial charge in [-0.05, 0) is 56.4 Å². The minimum atomic E-state index is -0.317. The Morgan fingerprint density at radius 2 is 1.89 bits per heavy atom. The van der Waals surface area contributed by atoms with Crippen LogP contribution in [0.25, 0.3) is 0 Å². The highest BCUT2D eigenvalue weighted by Crippen LogP contribution is 2.36. The maximum Gasteiger partial charge on any atom is 0.414 e. The maximum atomic E-state index is 13.5. The molecule has 196 valence electrons. The average Bonchev–Trinajstić information content (AvgIpc) is 2.97. The predicted molar refractivity (Wildman–Crippen MR) is 142 cm³/mol. The van der Waals surface area contributed by atoms with Crippen LogP contribution in [0.5, 0.6) is 11.5 Å². The first kappa shape index (κ1) is 24.3. The van der Waals surface area contributed by atoms with E-state index in [0.717, 1.165) is 41.8 Å². The number of nitrogens with zero attached hydrogens (tertiary/aromatic N) is 3. The fourth-order valence-electron chi connectivity index (χ4n) is 5.79. The summed E-state index contributed by atoms with van der Waals surface area (Å²) in [6.45, 7) is 1.39. The second-order valence-electron chi connectivity index (χ2n) is 9.98. The van der Waals surface area contributed by atoms with Crippen LogP contribution in [0.1, 0.15) is 59.0 Å². The van der Waals surface area contributed by atoms with E-state index in [1.807, 2.05) is 47.5 Å². The fraction of sp³-hybridized carbons (Fsp3) is 0.367. The Balaban J connectivity index is 1.14. The summed E-state index contributed by atoms with van der Waals surface area (Å²) in [6, 6.07) is 17.3. The number of fused-ring (bicyclic) bond motifs is 2. The molecule has 1 fully saturated rings. The third kappa shape index (κ3) is 4.55. The number of benzene rings is 2. The van der Waals surface area contributed by atoms with Gasteiger partial charge in [0.2, 0.25) is 0 Å². The standard InChI is InChI=1S/C30H31N3O5/c1-36-28-18-22(38-27-10-4-8-25-23(27)7-5-15-31-25)11-12-24(28)29(34)32-16-13-21(14-17-32)33-26-9-3-2-6-20(26)19-37-30(33)35/h2-3,5-7,9,11-12,15,18,21,27H,4,8,10,13-14,16-17,19H2,1H3. The predicted octanol–water partition coefficient (Wildman–Crippen LogP) is 5.31. The summed E-state index contributed by atoms with van der Waals surface area (Å²) >= 11 is 0. The number of aryl methyl sites for hydroxylation is 1. The summed E-state index contributed by atoms with van der Waals surface area (Å²) < 4.78 is 17.4. The molecule has 0 bridgehead atoms. The largest absolute Gasteiger partial charge is 0.496 e. The smallest absolute Gasteiger partial charge is 0.414 e. The van der Waals surface area contributed by atoms with Crippen molar-refractivity contribution in [3.05, 3.63) is 83.2 Å². The lowest BCUT2D eigenvalue weighted by Crippen LogP contribution is -2.50. The van der Waals surface area contributed by atoms with Crippen LogP contribution in [0.3, 0.4) is 0 Å². The van der Waals surface area contributed by atoms with Crippen molar-refractivity contribution in [1.82, 2.24) is 9.88 Å². The Kier molecular flexibility index (Phi) is 6.62. The highest BCUT2D eigenvalue weighted by atomic mass is 16.6. The molecule has 0 radical (unpaired) electrons. The van der Waals surface area contributed by atoms with Crippen molar-refractivity contribution in [2.24, 2.45) is 0 Å². The molecular weight excluding hydrogens is 482 g/mol. The summed E-state index contributed by atoms with van der Waals surface area (Å²) in [5.74, 6) is 1.08. The lowest BCUT2D eigenvalue weighted by Gasteiger charge is -2.40. The summed E-state index contributed by atoms with van der Waals surface area (Å²) in [5.41, 5.74) is 4.63. The van der Waals surface area contributed by atoms with E-state index in [-0.39, 0.29) is 24.1 Å². The number of para-hydroxylation sites is 1. The van der Waals surface area contributed by atoms with E-state index < -0.39 is 0 Å². The van der Waals surface area contributed by atoms with E-state index in [1.54, 1.807) is 24.1 Å². The number of amides is 2. The molecule has 0 N–H and O–H groups in total. The number of ether oxygens (including phenoxy) is 3. The van der Waals surface area contributed by atoms with E-state index in [2.05, 4.69) is 11.1 Å². The van der Waals surface area contributed by atoms with Gasteiger partial charge in [-0.15, -0.1) is 0 Å². The first-order valence-electron chi connectivity index (χ1n) is 13.2. The molecule has 8 nitrogen and oxygen atoms in total. The molecule has 38 heavy (non-hydrogen) atoms. The fourth-order valence-corrected chi connectivity index (χ4v) is 5.79. The molecule has 2 aromatic carbocycles. The third-order valence-electron chi connectivity index (χ3n) is 7.75. The second-order valence-corrected chi connectivity index (χ2v) is 9.98. The van der Waals surface area contributed by atoms with Crippen molar-refractivity contribution in [2.45, 2.75) is 50.9 Å². The van der Waals surface area contributed by atoms with Gasteiger partial charge in [0.25, 0.3) is 5.91 Å². The highest BCUT2D eigenvalue weighted by molar-refractivity contribution is 5.97. The Morgan fingerprint density at radius 3 is 2.74 bits per heavy atom. The van der Waals surface area contributed by atoms with Gasteiger partial charge in [0.15, 0.2) is 0 Å². The zero-order valence-electron chi connectivity index (χ0n) is 21.5. The van der Waals surface area contributed by atoms with Crippen molar-refractivity contribution in [2.75, 3.05) is 25.1 Å².